The molecule has 4 nitrogen and oxygen atoms in total. The average molecular weight is 345 g/mol. The zero-order valence-corrected chi connectivity index (χ0v) is 15.2. The zero-order chi connectivity index (χ0) is 18.1. The summed E-state index contributed by atoms with van der Waals surface area (Å²) in [6.07, 6.45) is 0. The van der Waals surface area contributed by atoms with Crippen molar-refractivity contribution in [1.29, 1.82) is 0 Å². The van der Waals surface area contributed by atoms with Crippen LogP contribution in [0.25, 0.3) is 20.2 Å². The quantitative estimate of drug-likeness (QED) is 0.513. The zero-order valence-electron chi connectivity index (χ0n) is 14.4. The molecule has 0 saturated carbocycles. The van der Waals surface area contributed by atoms with E-state index in [0.717, 1.165) is 38.0 Å². The molecule has 0 saturated heterocycles. The van der Waals surface area contributed by atoms with Gasteiger partial charge < -0.3 is 10.4 Å². The van der Waals surface area contributed by atoms with E-state index in [1.54, 1.807) is 11.3 Å². The van der Waals surface area contributed by atoms with Crippen molar-refractivity contribution in [3.8, 4) is 0 Å². The van der Waals surface area contributed by atoms with Crippen LogP contribution in [0.5, 0.6) is 0 Å². The highest BCUT2D eigenvalue weighted by Gasteiger charge is 2.11. The molecular weight excluding hydrogens is 322 g/mol. The molecule has 0 fully saturated rings. The van der Waals surface area contributed by atoms with Gasteiger partial charge in [0.2, 0.25) is 0 Å². The van der Waals surface area contributed by atoms with Gasteiger partial charge in [0.15, 0.2) is 5.43 Å². The number of carbonyl (C=O) groups is 1. The van der Waals surface area contributed by atoms with Crippen molar-refractivity contribution in [1.82, 2.24) is 0 Å². The van der Waals surface area contributed by atoms with Crippen molar-refractivity contribution in [2.75, 3.05) is 11.9 Å². The molecule has 3 rings (SSSR count). The predicted octanol–water partition coefficient (Wildman–Crippen LogP) is 4.88. The maximum Gasteiger partial charge on any atom is 0.290 e. The number of fused-ring (bicyclic) bond motifs is 2. The van der Waals surface area contributed by atoms with E-state index in [9.17, 15) is 4.79 Å². The van der Waals surface area contributed by atoms with Crippen molar-refractivity contribution < 1.29 is 9.90 Å². The van der Waals surface area contributed by atoms with Crippen LogP contribution in [0.3, 0.4) is 0 Å². The second-order valence-corrected chi connectivity index (χ2v) is 5.75. The van der Waals surface area contributed by atoms with Gasteiger partial charge in [-0.1, -0.05) is 32.0 Å². The summed E-state index contributed by atoms with van der Waals surface area (Å²) in [7, 11) is 0. The van der Waals surface area contributed by atoms with Gasteiger partial charge in [-0.25, -0.2) is 0 Å². The molecule has 0 aliphatic carbocycles. The Hall–Kier alpha value is -2.40. The minimum absolute atomic E-state index is 0.129. The van der Waals surface area contributed by atoms with Crippen LogP contribution in [0.1, 0.15) is 26.3 Å². The first-order valence-corrected chi connectivity index (χ1v) is 8.72. The normalized spacial score (nSPS) is 9.50. The van der Waals surface area contributed by atoms with E-state index in [2.05, 4.69) is 18.3 Å². The topological polar surface area (TPSA) is 66.4 Å². The number of carboxylic acid groups (broad SMARTS) is 1. The molecule has 0 unspecified atom stereocenters. The van der Waals surface area contributed by atoms with Crippen molar-refractivity contribution in [3.63, 3.8) is 0 Å². The molecule has 0 bridgehead atoms. The fourth-order valence-corrected chi connectivity index (χ4v) is 3.54. The Balaban J connectivity index is 0.000000521. The van der Waals surface area contributed by atoms with Crippen molar-refractivity contribution >= 4 is 43.7 Å². The fraction of sp³-hybridized carbons (Fsp3) is 0.263. The molecule has 128 valence electrons. The summed E-state index contributed by atoms with van der Waals surface area (Å²) in [4.78, 5) is 21.1. The van der Waals surface area contributed by atoms with E-state index < -0.39 is 0 Å². The predicted molar refractivity (Wildman–Crippen MR) is 105 cm³/mol. The maximum atomic E-state index is 12.7. The third-order valence-corrected chi connectivity index (χ3v) is 4.60. The van der Waals surface area contributed by atoms with Gasteiger partial charge in [0.25, 0.3) is 6.47 Å². The summed E-state index contributed by atoms with van der Waals surface area (Å²) in [5.74, 6) is 0. The molecule has 1 aromatic heterocycles. The van der Waals surface area contributed by atoms with Crippen LogP contribution in [0.2, 0.25) is 0 Å². The lowest BCUT2D eigenvalue weighted by Crippen LogP contribution is -2.06. The van der Waals surface area contributed by atoms with E-state index in [0.29, 0.717) is 0 Å². The van der Waals surface area contributed by atoms with Crippen LogP contribution in [0, 0.1) is 6.92 Å². The standard InChI is InChI=1S/C16H15NOS.C2H6.CH2O2/c1-3-17-12-9-8-10(2)16-14(12)15(18)11-6-4-5-7-13(11)19-16;1-2;2-1-3/h4-9,17H,3H2,1-2H3;1-2H3;1H,(H,2,3). The third-order valence-electron chi connectivity index (χ3n) is 3.29. The smallest absolute Gasteiger partial charge is 0.290 e. The fourth-order valence-electron chi connectivity index (χ4n) is 2.37. The Kier molecular flexibility index (Phi) is 7.92. The second kappa shape index (κ2) is 9.67. The Bertz CT molecular complexity index is 871. The highest BCUT2D eigenvalue weighted by molar-refractivity contribution is 7.24. The van der Waals surface area contributed by atoms with Crippen molar-refractivity contribution in [3.05, 3.63) is 52.2 Å². The molecule has 0 radical (unpaired) electrons. The molecule has 0 aliphatic heterocycles. The summed E-state index contributed by atoms with van der Waals surface area (Å²) in [5.41, 5.74) is 2.23. The Morgan fingerprint density at radius 2 is 1.79 bits per heavy atom. The number of anilines is 1. The largest absolute Gasteiger partial charge is 0.483 e. The van der Waals surface area contributed by atoms with E-state index in [1.807, 2.05) is 51.1 Å². The van der Waals surface area contributed by atoms with Crippen LogP contribution in [0.15, 0.2) is 41.2 Å². The lowest BCUT2D eigenvalue weighted by Gasteiger charge is -2.10. The molecule has 0 atom stereocenters. The van der Waals surface area contributed by atoms with Gasteiger partial charge in [0, 0.05) is 27.0 Å². The minimum atomic E-state index is -0.250. The number of hydrogen-bond acceptors (Lipinski definition) is 4. The average Bonchev–Trinajstić information content (AvgIpc) is 2.60. The van der Waals surface area contributed by atoms with Gasteiger partial charge in [-0.15, -0.1) is 11.3 Å². The number of benzene rings is 2. The Morgan fingerprint density at radius 1 is 1.17 bits per heavy atom. The SMILES string of the molecule is CC.CCNc1ccc(C)c2sc3ccccc3c(=O)c12.O=CO. The number of hydrogen-bond donors (Lipinski definition) is 2. The van der Waals surface area contributed by atoms with Gasteiger partial charge in [-0.2, -0.15) is 0 Å². The molecule has 0 amide bonds. The first kappa shape index (κ1) is 19.6. The van der Waals surface area contributed by atoms with Crippen molar-refractivity contribution in [2.24, 2.45) is 0 Å². The summed E-state index contributed by atoms with van der Waals surface area (Å²) in [6.45, 7) is 8.67. The first-order valence-electron chi connectivity index (χ1n) is 7.90. The number of aryl methyl sites for hydroxylation is 1. The molecular formula is C19H23NO3S. The van der Waals surface area contributed by atoms with Crippen LogP contribution < -0.4 is 10.7 Å². The molecule has 24 heavy (non-hydrogen) atoms. The van der Waals surface area contributed by atoms with E-state index in [4.69, 9.17) is 9.90 Å². The summed E-state index contributed by atoms with van der Waals surface area (Å²) in [6, 6.07) is 11.9. The minimum Gasteiger partial charge on any atom is -0.483 e. The van der Waals surface area contributed by atoms with Crippen LogP contribution >= 0.6 is 11.3 Å². The van der Waals surface area contributed by atoms with Gasteiger partial charge in [0.1, 0.15) is 0 Å². The molecule has 3 aromatic rings. The molecule has 2 N–H and O–H groups in total. The van der Waals surface area contributed by atoms with Crippen LogP contribution in [-0.2, 0) is 4.79 Å². The lowest BCUT2D eigenvalue weighted by atomic mass is 10.1. The van der Waals surface area contributed by atoms with E-state index >= 15 is 0 Å². The summed E-state index contributed by atoms with van der Waals surface area (Å²) >= 11 is 1.69. The van der Waals surface area contributed by atoms with Crippen molar-refractivity contribution in [2.45, 2.75) is 27.7 Å². The molecule has 0 spiro atoms. The lowest BCUT2D eigenvalue weighted by molar-refractivity contribution is -0.122. The van der Waals surface area contributed by atoms with Crippen LogP contribution in [-0.4, -0.2) is 18.1 Å². The Morgan fingerprint density at radius 3 is 2.42 bits per heavy atom. The number of nitrogens with one attached hydrogen (secondary N) is 1. The molecule has 2 aromatic carbocycles. The highest BCUT2D eigenvalue weighted by atomic mass is 32.1. The first-order chi connectivity index (χ1) is 11.6. The van der Waals surface area contributed by atoms with E-state index in [1.165, 1.54) is 0 Å². The van der Waals surface area contributed by atoms with Crippen LogP contribution in [0.4, 0.5) is 5.69 Å². The molecule has 5 heteroatoms. The van der Waals surface area contributed by atoms with Gasteiger partial charge in [-0.3, -0.25) is 9.59 Å². The maximum absolute atomic E-state index is 12.7. The van der Waals surface area contributed by atoms with Gasteiger partial charge >= 0.3 is 0 Å². The van der Waals surface area contributed by atoms with Gasteiger partial charge in [0.05, 0.1) is 5.39 Å². The van der Waals surface area contributed by atoms with Gasteiger partial charge in [-0.05, 0) is 37.6 Å². The molecule has 1 heterocycles. The summed E-state index contributed by atoms with van der Waals surface area (Å²) < 4.78 is 2.14. The summed E-state index contributed by atoms with van der Waals surface area (Å²) in [5, 5.41) is 11.8. The number of rotatable bonds is 2. The third kappa shape index (κ3) is 4.11. The monoisotopic (exact) mass is 345 g/mol. The molecule has 0 aliphatic rings. The second-order valence-electron chi connectivity index (χ2n) is 4.70. The Labute approximate surface area is 145 Å². The van der Waals surface area contributed by atoms with E-state index in [-0.39, 0.29) is 11.9 Å². The highest BCUT2D eigenvalue weighted by Crippen LogP contribution is 2.31.